The van der Waals surface area contributed by atoms with E-state index in [4.69, 9.17) is 11.6 Å². The van der Waals surface area contributed by atoms with Gasteiger partial charge in [-0.3, -0.25) is 4.79 Å². The van der Waals surface area contributed by atoms with Crippen molar-refractivity contribution in [3.8, 4) is 0 Å². The summed E-state index contributed by atoms with van der Waals surface area (Å²) in [5, 5.41) is 5.29. The highest BCUT2D eigenvalue weighted by molar-refractivity contribution is 7.91. The molecule has 0 spiro atoms. The van der Waals surface area contributed by atoms with Gasteiger partial charge < -0.3 is 5.32 Å². The van der Waals surface area contributed by atoms with E-state index >= 15 is 0 Å². The van der Waals surface area contributed by atoms with Crippen LogP contribution in [0.25, 0.3) is 0 Å². The van der Waals surface area contributed by atoms with Gasteiger partial charge in [0.2, 0.25) is 5.91 Å². The third kappa shape index (κ3) is 4.41. The van der Waals surface area contributed by atoms with Crippen LogP contribution in [0.15, 0.2) is 46.0 Å². The van der Waals surface area contributed by atoms with Gasteiger partial charge in [-0.05, 0) is 42.0 Å². The third-order valence-corrected chi connectivity index (χ3v) is 7.71. The Labute approximate surface area is 156 Å². The highest BCUT2D eigenvalue weighted by Crippen LogP contribution is 2.26. The van der Waals surface area contributed by atoms with Crippen LogP contribution in [0.4, 0.5) is 0 Å². The molecular weight excluding hydrogens is 380 g/mol. The molecule has 1 amide bonds. The Morgan fingerprint density at radius 2 is 2.04 bits per heavy atom. The van der Waals surface area contributed by atoms with E-state index < -0.39 is 10.0 Å². The smallest absolute Gasteiger partial charge is 0.252 e. The monoisotopic (exact) mass is 398 g/mol. The number of sulfonamides is 1. The zero-order chi connectivity index (χ0) is 17.9. The van der Waals surface area contributed by atoms with E-state index in [1.807, 2.05) is 12.1 Å². The number of nitrogens with zero attached hydrogens (tertiary/aromatic N) is 1. The van der Waals surface area contributed by atoms with Gasteiger partial charge in [0.1, 0.15) is 4.21 Å². The highest BCUT2D eigenvalue weighted by atomic mass is 35.5. The van der Waals surface area contributed by atoms with Crippen molar-refractivity contribution in [2.24, 2.45) is 5.92 Å². The Bertz CT molecular complexity index is 820. The molecule has 1 aliphatic rings. The molecule has 1 aromatic heterocycles. The first-order valence-corrected chi connectivity index (χ1v) is 10.7. The average Bonchev–Trinajstić information content (AvgIpc) is 3.16. The van der Waals surface area contributed by atoms with Gasteiger partial charge in [-0.25, -0.2) is 8.42 Å². The second-order valence-corrected chi connectivity index (χ2v) is 9.53. The number of rotatable bonds is 5. The molecule has 0 bridgehead atoms. The van der Waals surface area contributed by atoms with E-state index in [1.165, 1.54) is 15.6 Å². The number of benzene rings is 1. The molecule has 0 radical (unpaired) electrons. The lowest BCUT2D eigenvalue weighted by Gasteiger charge is -2.30. The van der Waals surface area contributed by atoms with Crippen LogP contribution in [0.1, 0.15) is 18.4 Å². The molecule has 1 fully saturated rings. The summed E-state index contributed by atoms with van der Waals surface area (Å²) in [5.41, 5.74) is 0.955. The molecule has 1 aromatic carbocycles. The molecule has 1 saturated heterocycles. The summed E-state index contributed by atoms with van der Waals surface area (Å²) >= 11 is 7.05. The first-order chi connectivity index (χ1) is 12.0. The minimum atomic E-state index is -3.50. The van der Waals surface area contributed by atoms with Gasteiger partial charge >= 0.3 is 0 Å². The SMILES string of the molecule is O=C(NCc1ccc(Cl)cc1)[C@H]1CCCN(S(=O)(=O)c2cccs2)C1. The minimum absolute atomic E-state index is 0.110. The number of hydrogen-bond donors (Lipinski definition) is 1. The maximum atomic E-state index is 12.6. The van der Waals surface area contributed by atoms with E-state index in [2.05, 4.69) is 5.32 Å². The van der Waals surface area contributed by atoms with E-state index in [1.54, 1.807) is 29.6 Å². The highest BCUT2D eigenvalue weighted by Gasteiger charge is 2.33. The number of carbonyl (C=O) groups is 1. The van der Waals surface area contributed by atoms with Gasteiger partial charge in [0.15, 0.2) is 0 Å². The standard InChI is InChI=1S/C17H19ClN2O3S2/c18-15-7-5-13(6-8-15)11-19-17(21)14-3-1-9-20(12-14)25(22,23)16-4-2-10-24-16/h2,4-8,10,14H,1,3,9,11-12H2,(H,19,21)/t14-/m0/s1. The lowest BCUT2D eigenvalue weighted by Crippen LogP contribution is -2.45. The molecule has 5 nitrogen and oxygen atoms in total. The first-order valence-electron chi connectivity index (χ1n) is 8.02. The topological polar surface area (TPSA) is 66.5 Å². The molecule has 2 heterocycles. The number of nitrogens with one attached hydrogen (secondary N) is 1. The van der Waals surface area contributed by atoms with Crippen molar-refractivity contribution in [2.45, 2.75) is 23.6 Å². The summed E-state index contributed by atoms with van der Waals surface area (Å²) in [6.45, 7) is 1.10. The second-order valence-electron chi connectivity index (χ2n) is 5.98. The number of piperidine rings is 1. The lowest BCUT2D eigenvalue weighted by atomic mass is 9.99. The van der Waals surface area contributed by atoms with Gasteiger partial charge in [-0.2, -0.15) is 4.31 Å². The molecule has 1 atom stereocenters. The van der Waals surface area contributed by atoms with Gasteiger partial charge in [0.05, 0.1) is 5.92 Å². The van der Waals surface area contributed by atoms with Crippen LogP contribution in [0.3, 0.4) is 0 Å². The normalized spacial score (nSPS) is 18.8. The Kier molecular flexibility index (Phi) is 5.78. The summed E-state index contributed by atoms with van der Waals surface area (Å²) in [6.07, 6.45) is 1.38. The van der Waals surface area contributed by atoms with Gasteiger partial charge in [0, 0.05) is 24.7 Å². The molecule has 1 aliphatic heterocycles. The third-order valence-electron chi connectivity index (χ3n) is 4.22. The van der Waals surface area contributed by atoms with Crippen LogP contribution < -0.4 is 5.32 Å². The van der Waals surface area contributed by atoms with Crippen molar-refractivity contribution < 1.29 is 13.2 Å². The summed E-state index contributed by atoms with van der Waals surface area (Å²) in [7, 11) is -3.50. The lowest BCUT2D eigenvalue weighted by molar-refractivity contribution is -0.126. The zero-order valence-electron chi connectivity index (χ0n) is 13.5. The molecule has 2 aromatic rings. The Balaban J connectivity index is 1.61. The molecule has 134 valence electrons. The average molecular weight is 399 g/mol. The molecule has 0 aliphatic carbocycles. The van der Waals surface area contributed by atoms with Crippen molar-refractivity contribution >= 4 is 38.9 Å². The van der Waals surface area contributed by atoms with Crippen LogP contribution in [0.2, 0.25) is 5.02 Å². The van der Waals surface area contributed by atoms with Crippen LogP contribution >= 0.6 is 22.9 Å². The van der Waals surface area contributed by atoms with Crippen LogP contribution in [0.5, 0.6) is 0 Å². The molecular formula is C17H19ClN2O3S2. The van der Waals surface area contributed by atoms with E-state index in [0.717, 1.165) is 5.56 Å². The summed E-state index contributed by atoms with van der Waals surface area (Å²) < 4.78 is 27.0. The fourth-order valence-electron chi connectivity index (χ4n) is 2.85. The van der Waals surface area contributed by atoms with Gasteiger partial charge in [0.25, 0.3) is 10.0 Å². The largest absolute Gasteiger partial charge is 0.352 e. The minimum Gasteiger partial charge on any atom is -0.352 e. The van der Waals surface area contributed by atoms with Gasteiger partial charge in [-0.1, -0.05) is 29.8 Å². The fraction of sp³-hybridized carbons (Fsp3) is 0.353. The quantitative estimate of drug-likeness (QED) is 0.841. The fourth-order valence-corrected chi connectivity index (χ4v) is 5.64. The van der Waals surface area contributed by atoms with Crippen molar-refractivity contribution in [1.82, 2.24) is 9.62 Å². The van der Waals surface area contributed by atoms with E-state index in [9.17, 15) is 13.2 Å². The molecule has 8 heteroatoms. The van der Waals surface area contributed by atoms with Crippen LogP contribution in [-0.2, 0) is 21.4 Å². The number of amides is 1. The predicted molar refractivity (Wildman–Crippen MR) is 99.1 cm³/mol. The second kappa shape index (κ2) is 7.86. The maximum Gasteiger partial charge on any atom is 0.252 e. The van der Waals surface area contributed by atoms with Crippen molar-refractivity contribution in [1.29, 1.82) is 0 Å². The zero-order valence-corrected chi connectivity index (χ0v) is 15.9. The Hall–Kier alpha value is -1.41. The summed E-state index contributed by atoms with van der Waals surface area (Å²) in [4.78, 5) is 12.4. The van der Waals surface area contributed by atoms with Crippen molar-refractivity contribution in [3.63, 3.8) is 0 Å². The van der Waals surface area contributed by atoms with Gasteiger partial charge in [-0.15, -0.1) is 11.3 Å². The molecule has 25 heavy (non-hydrogen) atoms. The molecule has 1 N–H and O–H groups in total. The summed E-state index contributed by atoms with van der Waals surface area (Å²) in [6, 6.07) is 10.6. The summed E-state index contributed by atoms with van der Waals surface area (Å²) in [5.74, 6) is -0.434. The number of thiophene rings is 1. The van der Waals surface area contributed by atoms with E-state index in [-0.39, 0.29) is 18.4 Å². The maximum absolute atomic E-state index is 12.6. The Morgan fingerprint density at radius 1 is 1.28 bits per heavy atom. The molecule has 0 saturated carbocycles. The molecule has 0 unspecified atom stereocenters. The predicted octanol–water partition coefficient (Wildman–Crippen LogP) is 3.12. The first kappa shape index (κ1) is 18.4. The van der Waals surface area contributed by atoms with Crippen LogP contribution in [0, 0.1) is 5.92 Å². The van der Waals surface area contributed by atoms with Crippen molar-refractivity contribution in [3.05, 3.63) is 52.4 Å². The van der Waals surface area contributed by atoms with Crippen LogP contribution in [-0.4, -0.2) is 31.7 Å². The number of hydrogen-bond acceptors (Lipinski definition) is 4. The Morgan fingerprint density at radius 3 is 2.72 bits per heavy atom. The molecule has 3 rings (SSSR count). The van der Waals surface area contributed by atoms with Crippen molar-refractivity contribution in [2.75, 3.05) is 13.1 Å². The van der Waals surface area contributed by atoms with E-state index in [0.29, 0.717) is 35.2 Å². The number of halogens is 1. The number of carbonyl (C=O) groups excluding carboxylic acids is 1.